The van der Waals surface area contributed by atoms with Crippen molar-refractivity contribution in [2.24, 2.45) is 0 Å². The lowest BCUT2D eigenvalue weighted by Crippen LogP contribution is -2.26. The van der Waals surface area contributed by atoms with Crippen LogP contribution in [-0.2, 0) is 4.74 Å². The molecule has 2 amide bonds. The number of amides is 2. The third-order valence-corrected chi connectivity index (χ3v) is 8.96. The van der Waals surface area contributed by atoms with E-state index in [1.54, 1.807) is 24.3 Å². The molecule has 0 fully saturated rings. The van der Waals surface area contributed by atoms with Crippen molar-refractivity contribution >= 4 is 103 Å². The highest BCUT2D eigenvalue weighted by Crippen LogP contribution is 2.37. The molecule has 9 nitrogen and oxygen atoms in total. The summed E-state index contributed by atoms with van der Waals surface area (Å²) in [7, 11) is 0. The van der Waals surface area contributed by atoms with Gasteiger partial charge in [-0.05, 0) is 85.1 Å². The third-order valence-electron chi connectivity index (χ3n) is 7.02. The summed E-state index contributed by atoms with van der Waals surface area (Å²) in [6.07, 6.45) is 0.721. The molecule has 3 aromatic carbocycles. The van der Waals surface area contributed by atoms with Gasteiger partial charge in [-0.25, -0.2) is 19.7 Å². The Kier molecular flexibility index (Phi) is 11.7. The van der Waals surface area contributed by atoms with Crippen LogP contribution in [0.25, 0.3) is 11.0 Å². The number of nitrogens with one attached hydrogen (secondary N) is 3. The van der Waals surface area contributed by atoms with Gasteiger partial charge in [-0.1, -0.05) is 88.5 Å². The highest BCUT2D eigenvalue weighted by Gasteiger charge is 2.22. The Morgan fingerprint density at radius 2 is 1.67 bits per heavy atom. The SMILES string of the molecule is CC(C)c1ccc2c(Nc3cc(C(=O)NC(C)c4ccc(Br)cc4)ccc3Sc3ccc(NC(=O)OCC(Cl)(Cl)Cl)cc3)ncnc2n1. The maximum absolute atomic E-state index is 13.5. The van der Waals surface area contributed by atoms with Crippen LogP contribution in [0.4, 0.5) is 22.0 Å². The van der Waals surface area contributed by atoms with Crippen LogP contribution in [0.15, 0.2) is 99.5 Å². The highest BCUT2D eigenvalue weighted by atomic mass is 79.9. The van der Waals surface area contributed by atoms with Gasteiger partial charge < -0.3 is 15.4 Å². The van der Waals surface area contributed by atoms with E-state index in [4.69, 9.17) is 44.5 Å². The zero-order chi connectivity index (χ0) is 34.4. The molecule has 2 heterocycles. The second-order valence-corrected chi connectivity index (χ2v) is 15.6. The summed E-state index contributed by atoms with van der Waals surface area (Å²) < 4.78 is 4.19. The summed E-state index contributed by atoms with van der Waals surface area (Å²) in [6.45, 7) is 5.70. The van der Waals surface area contributed by atoms with E-state index in [2.05, 4.69) is 55.7 Å². The normalized spacial score (nSPS) is 12.1. The number of carbonyl (C=O) groups excluding carboxylic acids is 2. The monoisotopic (exact) mass is 786 g/mol. The predicted molar refractivity (Wildman–Crippen MR) is 197 cm³/mol. The Hall–Kier alpha value is -3.61. The molecule has 0 aliphatic rings. The first-order valence-electron chi connectivity index (χ1n) is 14.7. The number of rotatable bonds is 10. The molecule has 2 aromatic heterocycles. The molecule has 3 N–H and O–H groups in total. The average molecular weight is 789 g/mol. The molecule has 14 heteroatoms. The number of aromatic nitrogens is 3. The molecule has 5 aromatic rings. The number of pyridine rings is 1. The van der Waals surface area contributed by atoms with Gasteiger partial charge in [0.15, 0.2) is 5.65 Å². The van der Waals surface area contributed by atoms with Gasteiger partial charge in [0.1, 0.15) is 18.8 Å². The number of nitrogens with zero attached hydrogens (tertiary/aromatic N) is 3. The standard InChI is InChI=1S/C34H30BrCl3N6O3S/c1-19(2)27-14-13-26-30(43-27)39-18-40-31(26)44-28-16-22(32(45)41-20(3)21-4-7-23(35)8-5-21)6-15-29(28)48-25-11-9-24(10-12-25)42-33(46)47-17-34(36,37)38/h4-16,18-20H,17H2,1-3H3,(H,41,45)(H,42,46)(H,39,40,43,44). The van der Waals surface area contributed by atoms with Gasteiger partial charge in [0.2, 0.25) is 3.79 Å². The molecule has 48 heavy (non-hydrogen) atoms. The first-order chi connectivity index (χ1) is 22.8. The summed E-state index contributed by atoms with van der Waals surface area (Å²) in [6, 6.07) is 24.1. The molecule has 248 valence electrons. The molecule has 0 saturated heterocycles. The first-order valence-corrected chi connectivity index (χ1v) is 17.5. The smallest absolute Gasteiger partial charge is 0.411 e. The van der Waals surface area contributed by atoms with E-state index in [0.717, 1.165) is 30.9 Å². The van der Waals surface area contributed by atoms with Crippen LogP contribution in [0.3, 0.4) is 0 Å². The van der Waals surface area contributed by atoms with Gasteiger partial charge >= 0.3 is 6.09 Å². The van der Waals surface area contributed by atoms with Crippen LogP contribution in [0.2, 0.25) is 0 Å². The van der Waals surface area contributed by atoms with Gasteiger partial charge in [0, 0.05) is 31.2 Å². The summed E-state index contributed by atoms with van der Waals surface area (Å²) >= 11 is 21.9. The number of alkyl halides is 3. The Labute approximate surface area is 305 Å². The molecule has 5 rings (SSSR count). The minimum atomic E-state index is -1.71. The molecule has 0 aliphatic carbocycles. The van der Waals surface area contributed by atoms with Crippen molar-refractivity contribution in [3.05, 3.63) is 106 Å². The van der Waals surface area contributed by atoms with Gasteiger partial charge in [-0.2, -0.15) is 0 Å². The Bertz CT molecular complexity index is 1930. The average Bonchev–Trinajstić information content (AvgIpc) is 3.05. The van der Waals surface area contributed by atoms with Crippen molar-refractivity contribution in [2.75, 3.05) is 17.2 Å². The molecular formula is C34H30BrCl3N6O3S. The number of halogens is 4. The highest BCUT2D eigenvalue weighted by molar-refractivity contribution is 9.10. The van der Waals surface area contributed by atoms with E-state index in [1.165, 1.54) is 18.1 Å². The second-order valence-electron chi connectivity index (χ2n) is 11.0. The zero-order valence-electron chi connectivity index (χ0n) is 25.9. The molecule has 0 spiro atoms. The number of anilines is 3. The summed E-state index contributed by atoms with van der Waals surface area (Å²) in [5, 5.41) is 9.86. The van der Waals surface area contributed by atoms with E-state index >= 15 is 0 Å². The summed E-state index contributed by atoms with van der Waals surface area (Å²) in [4.78, 5) is 40.8. The van der Waals surface area contributed by atoms with E-state index in [9.17, 15) is 9.59 Å². The quantitative estimate of drug-likeness (QED) is 0.120. The number of benzene rings is 3. The Balaban J connectivity index is 1.41. The molecule has 0 aliphatic heterocycles. The molecule has 1 atom stereocenters. The Morgan fingerprint density at radius 1 is 0.938 bits per heavy atom. The molecule has 0 bridgehead atoms. The lowest BCUT2D eigenvalue weighted by Gasteiger charge is -2.17. The van der Waals surface area contributed by atoms with Crippen LogP contribution in [0, 0.1) is 0 Å². The van der Waals surface area contributed by atoms with E-state index < -0.39 is 9.89 Å². The fourth-order valence-corrected chi connectivity index (χ4v) is 5.82. The molecule has 1 unspecified atom stereocenters. The maximum Gasteiger partial charge on any atom is 0.411 e. The van der Waals surface area contributed by atoms with Crippen LogP contribution in [-0.4, -0.2) is 37.4 Å². The number of fused-ring (bicyclic) bond motifs is 1. The topological polar surface area (TPSA) is 118 Å². The number of hydrogen-bond acceptors (Lipinski definition) is 8. The fraction of sp³-hybridized carbons (Fsp3) is 0.206. The van der Waals surface area contributed by atoms with Crippen LogP contribution < -0.4 is 16.0 Å². The van der Waals surface area contributed by atoms with E-state index in [1.807, 2.05) is 61.5 Å². The number of hydrogen-bond donors (Lipinski definition) is 3. The van der Waals surface area contributed by atoms with Gasteiger partial charge in [0.05, 0.1) is 17.1 Å². The van der Waals surface area contributed by atoms with E-state index in [-0.39, 0.29) is 24.5 Å². The summed E-state index contributed by atoms with van der Waals surface area (Å²) in [5.41, 5.74) is 4.11. The van der Waals surface area contributed by atoms with Crippen molar-refractivity contribution in [1.82, 2.24) is 20.3 Å². The van der Waals surface area contributed by atoms with Gasteiger partial charge in [-0.15, -0.1) is 0 Å². The maximum atomic E-state index is 13.5. The minimum Gasteiger partial charge on any atom is -0.445 e. The zero-order valence-corrected chi connectivity index (χ0v) is 30.6. The van der Waals surface area contributed by atoms with Crippen molar-refractivity contribution in [3.8, 4) is 0 Å². The van der Waals surface area contributed by atoms with Gasteiger partial charge in [0.25, 0.3) is 5.91 Å². The number of ether oxygens (including phenoxy) is 1. The van der Waals surface area contributed by atoms with Crippen molar-refractivity contribution < 1.29 is 14.3 Å². The molecular weight excluding hydrogens is 759 g/mol. The lowest BCUT2D eigenvalue weighted by molar-refractivity contribution is 0.0939. The lowest BCUT2D eigenvalue weighted by atomic mass is 10.1. The van der Waals surface area contributed by atoms with Crippen LogP contribution >= 0.6 is 62.5 Å². The van der Waals surface area contributed by atoms with Crippen molar-refractivity contribution in [1.29, 1.82) is 0 Å². The Morgan fingerprint density at radius 3 is 2.35 bits per heavy atom. The third kappa shape index (κ3) is 9.73. The summed E-state index contributed by atoms with van der Waals surface area (Å²) in [5.74, 6) is 0.573. The van der Waals surface area contributed by atoms with E-state index in [0.29, 0.717) is 28.4 Å². The van der Waals surface area contributed by atoms with Crippen LogP contribution in [0.1, 0.15) is 54.3 Å². The largest absolute Gasteiger partial charge is 0.445 e. The van der Waals surface area contributed by atoms with Crippen molar-refractivity contribution in [3.63, 3.8) is 0 Å². The molecule has 0 saturated carbocycles. The number of carbonyl (C=O) groups is 2. The van der Waals surface area contributed by atoms with Crippen molar-refractivity contribution in [2.45, 2.75) is 46.3 Å². The molecule has 0 radical (unpaired) electrons. The van der Waals surface area contributed by atoms with Gasteiger partial charge in [-0.3, -0.25) is 10.1 Å². The predicted octanol–water partition coefficient (Wildman–Crippen LogP) is 10.2. The second kappa shape index (κ2) is 15.7. The van der Waals surface area contributed by atoms with Crippen LogP contribution in [0.5, 0.6) is 0 Å². The first kappa shape index (κ1) is 35.7. The minimum absolute atomic E-state index is 0.213. The fourth-order valence-electron chi connectivity index (χ4n) is 4.51.